The van der Waals surface area contributed by atoms with Crippen LogP contribution < -0.4 is 15.8 Å². The highest BCUT2D eigenvalue weighted by atomic mass is 32.2. The molecule has 10 nitrogen and oxygen atoms in total. The number of nitrogens with zero attached hydrogens (tertiary/aromatic N) is 2. The first-order valence-corrected chi connectivity index (χ1v) is 15.5. The quantitative estimate of drug-likeness (QED) is 0.327. The molecule has 2 aromatic rings. The van der Waals surface area contributed by atoms with Crippen molar-refractivity contribution in [3.63, 3.8) is 0 Å². The Labute approximate surface area is 249 Å². The van der Waals surface area contributed by atoms with Gasteiger partial charge in [-0.15, -0.1) is 13.2 Å². The zero-order valence-electron chi connectivity index (χ0n) is 24.4. The molecule has 1 saturated carbocycles. The van der Waals surface area contributed by atoms with E-state index in [1.54, 1.807) is 0 Å². The van der Waals surface area contributed by atoms with E-state index in [4.69, 9.17) is 5.73 Å². The summed E-state index contributed by atoms with van der Waals surface area (Å²) in [6, 6.07) is 2.92. The van der Waals surface area contributed by atoms with Gasteiger partial charge in [0.15, 0.2) is 11.4 Å². The number of nitrogens with two attached hydrogens (primary N) is 1. The predicted molar refractivity (Wildman–Crippen MR) is 146 cm³/mol. The van der Waals surface area contributed by atoms with E-state index in [1.807, 2.05) is 0 Å². The van der Waals surface area contributed by atoms with Gasteiger partial charge in [0.2, 0.25) is 0 Å². The molecule has 3 rings (SSSR count). The molecule has 0 radical (unpaired) electrons. The average molecular weight is 657 g/mol. The van der Waals surface area contributed by atoms with Gasteiger partial charge in [-0.1, -0.05) is 26.8 Å². The van der Waals surface area contributed by atoms with E-state index in [0.717, 1.165) is 42.9 Å². The number of aromatic nitrogens is 2. The summed E-state index contributed by atoms with van der Waals surface area (Å²) in [4.78, 5) is 29.9. The highest BCUT2D eigenvalue weighted by Gasteiger charge is 2.47. The lowest BCUT2D eigenvalue weighted by molar-refractivity contribution is -0.274. The van der Waals surface area contributed by atoms with Crippen LogP contribution in [0.2, 0.25) is 0 Å². The molecule has 1 aliphatic carbocycles. The summed E-state index contributed by atoms with van der Waals surface area (Å²) in [5, 5.41) is 12.7. The van der Waals surface area contributed by atoms with Crippen LogP contribution in [-0.4, -0.2) is 71.1 Å². The highest BCUT2D eigenvalue weighted by Crippen LogP contribution is 2.42. The molecule has 2 amide bonds. The molecule has 4 N–H and O–H groups in total. The standard InChI is InChI=1S/C27H34F6N4O6S/c1-5-19-36-20(23(39)35-14-25(40)10-8-16(9-11-25)44(4,41)42)21(22(34)38)37(19)17-7-6-15(12-18(17)43-27(31,32)33)13-24(2,3)26(28,29)30/h6-7,12,16,40H,5,8-11,13-14H2,1-4H3,(H2,34,38)(H,35,39)/t16-,25+. The lowest BCUT2D eigenvalue weighted by atomic mass is 9.84. The van der Waals surface area contributed by atoms with Gasteiger partial charge >= 0.3 is 12.5 Å². The number of ether oxygens (including phenoxy) is 1. The number of halogens is 6. The minimum atomic E-state index is -5.28. The van der Waals surface area contributed by atoms with Crippen molar-refractivity contribution in [2.45, 2.75) is 82.7 Å². The second kappa shape index (κ2) is 12.2. The van der Waals surface area contributed by atoms with Crippen LogP contribution in [0.5, 0.6) is 5.75 Å². The van der Waals surface area contributed by atoms with Gasteiger partial charge in [-0.3, -0.25) is 14.2 Å². The molecule has 44 heavy (non-hydrogen) atoms. The van der Waals surface area contributed by atoms with Crippen LogP contribution in [0, 0.1) is 5.41 Å². The average Bonchev–Trinajstić information content (AvgIpc) is 3.25. The maximum Gasteiger partial charge on any atom is 0.573 e. The first-order chi connectivity index (χ1) is 20.0. The van der Waals surface area contributed by atoms with Gasteiger partial charge in [-0.25, -0.2) is 13.4 Å². The van der Waals surface area contributed by atoms with Crippen LogP contribution in [0.4, 0.5) is 26.3 Å². The molecule has 1 heterocycles. The fourth-order valence-electron chi connectivity index (χ4n) is 5.08. The van der Waals surface area contributed by atoms with Gasteiger partial charge in [0.05, 0.1) is 22.0 Å². The molecule has 17 heteroatoms. The number of aliphatic hydroxyl groups is 1. The number of nitrogens with one attached hydrogen (secondary N) is 1. The third kappa shape index (κ3) is 8.02. The number of carbonyl (C=O) groups is 2. The number of amides is 2. The largest absolute Gasteiger partial charge is 0.573 e. The lowest BCUT2D eigenvalue weighted by Gasteiger charge is -2.35. The van der Waals surface area contributed by atoms with Crippen molar-refractivity contribution < 1.29 is 54.2 Å². The van der Waals surface area contributed by atoms with Crippen molar-refractivity contribution in [3.8, 4) is 11.4 Å². The van der Waals surface area contributed by atoms with Crippen LogP contribution in [-0.2, 0) is 22.7 Å². The summed E-state index contributed by atoms with van der Waals surface area (Å²) in [7, 11) is -3.32. The molecule has 246 valence electrons. The summed E-state index contributed by atoms with van der Waals surface area (Å²) >= 11 is 0. The maximum absolute atomic E-state index is 13.5. The fourth-order valence-corrected chi connectivity index (χ4v) is 6.17. The zero-order chi connectivity index (χ0) is 33.5. The fraction of sp³-hybridized carbons (Fsp3) is 0.593. The van der Waals surface area contributed by atoms with Gasteiger partial charge in [0.25, 0.3) is 11.8 Å². The van der Waals surface area contributed by atoms with E-state index in [9.17, 15) is 49.5 Å². The second-order valence-electron chi connectivity index (χ2n) is 11.6. The second-order valence-corrected chi connectivity index (χ2v) is 13.9. The van der Waals surface area contributed by atoms with E-state index in [1.165, 1.54) is 6.92 Å². The van der Waals surface area contributed by atoms with Crippen LogP contribution in [0.15, 0.2) is 18.2 Å². The summed E-state index contributed by atoms with van der Waals surface area (Å²) in [5.74, 6) is -3.29. The van der Waals surface area contributed by atoms with E-state index in [0.29, 0.717) is 0 Å². The Morgan fingerprint density at radius 1 is 1.16 bits per heavy atom. The molecule has 1 aromatic carbocycles. The van der Waals surface area contributed by atoms with E-state index in [2.05, 4.69) is 15.0 Å². The molecule has 0 saturated heterocycles. The summed E-state index contributed by atoms with van der Waals surface area (Å²) < 4.78 is 109. The van der Waals surface area contributed by atoms with Crippen molar-refractivity contribution in [2.24, 2.45) is 11.1 Å². The van der Waals surface area contributed by atoms with E-state index < -0.39 is 79.7 Å². The number of hydrogen-bond acceptors (Lipinski definition) is 7. The molecular formula is C27H34F6N4O6S. The molecule has 1 aromatic heterocycles. The van der Waals surface area contributed by atoms with E-state index >= 15 is 0 Å². The Kier molecular flexibility index (Phi) is 9.76. The Hall–Kier alpha value is -3.34. The Bertz CT molecular complexity index is 1510. The number of rotatable bonds is 10. The Morgan fingerprint density at radius 3 is 2.23 bits per heavy atom. The van der Waals surface area contributed by atoms with E-state index in [-0.39, 0.29) is 50.0 Å². The molecule has 0 unspecified atom stereocenters. The van der Waals surface area contributed by atoms with Gasteiger partial charge in [0, 0.05) is 19.2 Å². The van der Waals surface area contributed by atoms with Crippen molar-refractivity contribution in [1.29, 1.82) is 0 Å². The lowest BCUT2D eigenvalue weighted by Crippen LogP contribution is -2.47. The number of benzene rings is 1. The minimum absolute atomic E-state index is 0.0291. The monoisotopic (exact) mass is 656 g/mol. The highest BCUT2D eigenvalue weighted by molar-refractivity contribution is 7.91. The molecule has 1 fully saturated rings. The molecule has 0 spiro atoms. The molecule has 0 aliphatic heterocycles. The summed E-state index contributed by atoms with van der Waals surface area (Å²) in [5.41, 5.74) is -0.0107. The number of sulfone groups is 1. The van der Waals surface area contributed by atoms with Gasteiger partial charge in [0.1, 0.15) is 21.4 Å². The number of carbonyl (C=O) groups excluding carboxylic acids is 2. The van der Waals surface area contributed by atoms with Gasteiger partial charge in [-0.05, 0) is 49.8 Å². The third-order valence-electron chi connectivity index (χ3n) is 7.66. The Morgan fingerprint density at radius 2 is 1.75 bits per heavy atom. The smallest absolute Gasteiger partial charge is 0.404 e. The molecule has 0 atom stereocenters. The molecule has 0 bridgehead atoms. The van der Waals surface area contributed by atoms with Crippen molar-refractivity contribution in [1.82, 2.24) is 14.9 Å². The minimum Gasteiger partial charge on any atom is -0.404 e. The van der Waals surface area contributed by atoms with Gasteiger partial charge in [-0.2, -0.15) is 13.2 Å². The number of primary amides is 1. The third-order valence-corrected chi connectivity index (χ3v) is 9.35. The molecule has 1 aliphatic rings. The number of alkyl halides is 6. The van der Waals surface area contributed by atoms with Crippen LogP contribution in [0.1, 0.15) is 78.8 Å². The van der Waals surface area contributed by atoms with Crippen molar-refractivity contribution in [2.75, 3.05) is 12.8 Å². The predicted octanol–water partition coefficient (Wildman–Crippen LogP) is 4.01. The number of hydrogen-bond donors (Lipinski definition) is 3. The summed E-state index contributed by atoms with van der Waals surface area (Å²) in [6.07, 6.45) is -9.15. The number of imidazole rings is 1. The normalized spacial score (nSPS) is 19.9. The number of aryl methyl sites for hydroxylation is 1. The van der Waals surface area contributed by atoms with Crippen LogP contribution >= 0.6 is 0 Å². The topological polar surface area (TPSA) is 154 Å². The van der Waals surface area contributed by atoms with Crippen molar-refractivity contribution >= 4 is 21.7 Å². The van der Waals surface area contributed by atoms with Gasteiger partial charge < -0.3 is 20.9 Å². The Balaban J connectivity index is 2.02. The first-order valence-electron chi connectivity index (χ1n) is 13.5. The first kappa shape index (κ1) is 35.1. The van der Waals surface area contributed by atoms with Crippen LogP contribution in [0.3, 0.4) is 0 Å². The zero-order valence-corrected chi connectivity index (χ0v) is 25.2. The van der Waals surface area contributed by atoms with Crippen LogP contribution in [0.25, 0.3) is 5.69 Å². The summed E-state index contributed by atoms with van der Waals surface area (Å²) in [6.45, 7) is 2.96. The molecular weight excluding hydrogens is 622 g/mol. The maximum atomic E-state index is 13.5. The van der Waals surface area contributed by atoms with Crippen molar-refractivity contribution in [3.05, 3.63) is 41.0 Å². The SMILES string of the molecule is CCc1nc(C(=O)NC[C@]2(O)CC[C@@H](S(C)(=O)=O)CC2)c(C(N)=O)n1-c1ccc(CC(C)(C)C(F)(F)F)cc1OC(F)(F)F.